The highest BCUT2D eigenvalue weighted by molar-refractivity contribution is 5.46. The molecule has 1 fully saturated rings. The van der Waals surface area contributed by atoms with Crippen LogP contribution in [-0.4, -0.2) is 45.0 Å². The predicted molar refractivity (Wildman–Crippen MR) is 68.9 cm³/mol. The number of nitrogens with one attached hydrogen (secondary N) is 1. The van der Waals surface area contributed by atoms with Gasteiger partial charge in [-0.2, -0.15) is 8.78 Å². The molecule has 5 nitrogen and oxygen atoms in total. The third-order valence-electron chi connectivity index (χ3n) is 2.99. The molecule has 112 valence electrons. The number of benzene rings is 1. The number of nitrogens with zero attached hydrogens (tertiary/aromatic N) is 1. The van der Waals surface area contributed by atoms with Crippen molar-refractivity contribution in [3.8, 4) is 11.5 Å². The summed E-state index contributed by atoms with van der Waals surface area (Å²) in [5.74, 6) is 0.373. The minimum absolute atomic E-state index is 0.0748. The Morgan fingerprint density at radius 3 is 2.75 bits per heavy atom. The summed E-state index contributed by atoms with van der Waals surface area (Å²) in [6.07, 6.45) is 0. The quantitative estimate of drug-likeness (QED) is 0.862. The summed E-state index contributed by atoms with van der Waals surface area (Å²) in [4.78, 5) is 0. The predicted octanol–water partition coefficient (Wildman–Crippen LogP) is 1.63. The Kier molecular flexibility index (Phi) is 5.51. The van der Waals surface area contributed by atoms with E-state index in [4.69, 9.17) is 9.47 Å². The highest BCUT2D eigenvalue weighted by Gasteiger charge is 2.16. The second-order valence-corrected chi connectivity index (χ2v) is 4.26. The molecule has 1 aromatic carbocycles. The lowest BCUT2D eigenvalue weighted by molar-refractivity contribution is -0.0521. The SMILES string of the molecule is COc1cccc(CNN2CCOCC2)c1OC(F)F. The molecule has 0 radical (unpaired) electrons. The van der Waals surface area contributed by atoms with Gasteiger partial charge >= 0.3 is 6.61 Å². The van der Waals surface area contributed by atoms with Gasteiger partial charge in [0.2, 0.25) is 0 Å². The molecule has 1 saturated heterocycles. The molecule has 0 atom stereocenters. The summed E-state index contributed by atoms with van der Waals surface area (Å²) < 4.78 is 39.8. The molecule has 0 amide bonds. The van der Waals surface area contributed by atoms with Crippen LogP contribution < -0.4 is 14.9 Å². The van der Waals surface area contributed by atoms with E-state index in [-0.39, 0.29) is 5.75 Å². The number of halogens is 2. The Morgan fingerprint density at radius 1 is 1.35 bits per heavy atom. The van der Waals surface area contributed by atoms with Crippen LogP contribution in [0.1, 0.15) is 5.56 Å². The second kappa shape index (κ2) is 7.37. The molecule has 1 aromatic rings. The van der Waals surface area contributed by atoms with E-state index in [0.717, 1.165) is 13.1 Å². The normalized spacial score (nSPS) is 16.4. The third kappa shape index (κ3) is 4.03. The molecule has 1 aliphatic rings. The van der Waals surface area contributed by atoms with Crippen molar-refractivity contribution in [2.45, 2.75) is 13.2 Å². The van der Waals surface area contributed by atoms with Crippen LogP contribution in [0.15, 0.2) is 18.2 Å². The van der Waals surface area contributed by atoms with Crippen molar-refractivity contribution in [1.29, 1.82) is 0 Å². The Labute approximate surface area is 116 Å². The summed E-state index contributed by atoms with van der Waals surface area (Å²) in [5.41, 5.74) is 3.80. The van der Waals surface area contributed by atoms with E-state index in [0.29, 0.717) is 31.1 Å². The van der Waals surface area contributed by atoms with E-state index in [1.54, 1.807) is 18.2 Å². The second-order valence-electron chi connectivity index (χ2n) is 4.26. The Bertz CT molecular complexity index is 426. The fourth-order valence-electron chi connectivity index (χ4n) is 2.00. The van der Waals surface area contributed by atoms with Crippen LogP contribution in [0, 0.1) is 0 Å². The molecule has 0 bridgehead atoms. The number of morpholine rings is 1. The summed E-state index contributed by atoms with van der Waals surface area (Å²) >= 11 is 0. The topological polar surface area (TPSA) is 43.0 Å². The Balaban J connectivity index is 2.05. The van der Waals surface area contributed by atoms with Crippen molar-refractivity contribution in [2.75, 3.05) is 33.4 Å². The highest BCUT2D eigenvalue weighted by Crippen LogP contribution is 2.32. The van der Waals surface area contributed by atoms with Crippen LogP contribution in [0.25, 0.3) is 0 Å². The van der Waals surface area contributed by atoms with Crippen LogP contribution in [0.3, 0.4) is 0 Å². The minimum Gasteiger partial charge on any atom is -0.493 e. The molecule has 1 N–H and O–H groups in total. The summed E-state index contributed by atoms with van der Waals surface area (Å²) in [6.45, 7) is 0.341. The van der Waals surface area contributed by atoms with Crippen LogP contribution in [0.2, 0.25) is 0 Å². The first-order valence-electron chi connectivity index (χ1n) is 6.37. The van der Waals surface area contributed by atoms with Crippen LogP contribution in [-0.2, 0) is 11.3 Å². The molecule has 20 heavy (non-hydrogen) atoms. The van der Waals surface area contributed by atoms with Gasteiger partial charge in [0.05, 0.1) is 20.3 Å². The Hall–Kier alpha value is -1.44. The van der Waals surface area contributed by atoms with Gasteiger partial charge in [0.25, 0.3) is 0 Å². The summed E-state index contributed by atoms with van der Waals surface area (Å²) in [6, 6.07) is 5.07. The molecule has 0 aliphatic carbocycles. The van der Waals surface area contributed by atoms with Gasteiger partial charge in [0.15, 0.2) is 11.5 Å². The van der Waals surface area contributed by atoms with Crippen molar-refractivity contribution >= 4 is 0 Å². The van der Waals surface area contributed by atoms with Crippen molar-refractivity contribution in [2.24, 2.45) is 0 Å². The van der Waals surface area contributed by atoms with Crippen molar-refractivity contribution in [1.82, 2.24) is 10.4 Å². The van der Waals surface area contributed by atoms with E-state index in [9.17, 15) is 8.78 Å². The minimum atomic E-state index is -2.88. The number of methoxy groups -OCH3 is 1. The fraction of sp³-hybridized carbons (Fsp3) is 0.538. The number of hydrogen-bond donors (Lipinski definition) is 1. The molecule has 2 rings (SSSR count). The summed E-state index contributed by atoms with van der Waals surface area (Å²) in [5, 5.41) is 2.00. The zero-order chi connectivity index (χ0) is 14.4. The standard InChI is InChI=1S/C13H18F2N2O3/c1-18-11-4-2-3-10(12(11)20-13(14)15)9-16-17-5-7-19-8-6-17/h2-4,13,16H,5-9H2,1H3. The molecular formula is C13H18F2N2O3. The maximum absolute atomic E-state index is 12.5. The Morgan fingerprint density at radius 2 is 2.10 bits per heavy atom. The van der Waals surface area contributed by atoms with Crippen LogP contribution in [0.5, 0.6) is 11.5 Å². The van der Waals surface area contributed by atoms with E-state index < -0.39 is 6.61 Å². The molecule has 0 unspecified atom stereocenters. The van der Waals surface area contributed by atoms with Gasteiger partial charge in [0.1, 0.15) is 0 Å². The van der Waals surface area contributed by atoms with Crippen LogP contribution in [0.4, 0.5) is 8.78 Å². The molecule has 7 heteroatoms. The first-order chi connectivity index (χ1) is 9.70. The lowest BCUT2D eigenvalue weighted by Gasteiger charge is -2.27. The zero-order valence-electron chi connectivity index (χ0n) is 11.3. The number of para-hydroxylation sites is 1. The average Bonchev–Trinajstić information content (AvgIpc) is 2.46. The van der Waals surface area contributed by atoms with Gasteiger partial charge in [0, 0.05) is 25.2 Å². The molecule has 1 aliphatic heterocycles. The lowest BCUT2D eigenvalue weighted by Crippen LogP contribution is -2.45. The van der Waals surface area contributed by atoms with Gasteiger partial charge < -0.3 is 14.2 Å². The van der Waals surface area contributed by atoms with E-state index >= 15 is 0 Å². The van der Waals surface area contributed by atoms with Gasteiger partial charge in [-0.1, -0.05) is 12.1 Å². The van der Waals surface area contributed by atoms with Gasteiger partial charge in [-0.3, -0.25) is 5.43 Å². The molecular weight excluding hydrogens is 270 g/mol. The largest absolute Gasteiger partial charge is 0.493 e. The molecule has 0 saturated carbocycles. The first-order valence-corrected chi connectivity index (χ1v) is 6.37. The monoisotopic (exact) mass is 288 g/mol. The van der Waals surface area contributed by atoms with Gasteiger partial charge in [-0.25, -0.2) is 5.01 Å². The molecule has 0 spiro atoms. The number of hydrogen-bond acceptors (Lipinski definition) is 5. The summed E-state index contributed by atoms with van der Waals surface area (Å²) in [7, 11) is 1.42. The smallest absolute Gasteiger partial charge is 0.387 e. The molecule has 0 aromatic heterocycles. The number of ether oxygens (including phenoxy) is 3. The van der Waals surface area contributed by atoms with Crippen molar-refractivity contribution in [3.05, 3.63) is 23.8 Å². The molecule has 1 heterocycles. The van der Waals surface area contributed by atoms with E-state index in [1.807, 2.05) is 5.01 Å². The average molecular weight is 288 g/mol. The van der Waals surface area contributed by atoms with E-state index in [2.05, 4.69) is 10.2 Å². The maximum atomic E-state index is 12.5. The fourth-order valence-corrected chi connectivity index (χ4v) is 2.00. The number of alkyl halides is 2. The first kappa shape index (κ1) is 15.0. The highest BCUT2D eigenvalue weighted by atomic mass is 19.3. The van der Waals surface area contributed by atoms with E-state index in [1.165, 1.54) is 7.11 Å². The maximum Gasteiger partial charge on any atom is 0.387 e. The number of hydrazine groups is 1. The number of rotatable bonds is 6. The van der Waals surface area contributed by atoms with Crippen molar-refractivity contribution < 1.29 is 23.0 Å². The lowest BCUT2D eigenvalue weighted by atomic mass is 10.2. The van der Waals surface area contributed by atoms with Gasteiger partial charge in [-0.05, 0) is 6.07 Å². The van der Waals surface area contributed by atoms with Gasteiger partial charge in [-0.15, -0.1) is 0 Å². The zero-order valence-corrected chi connectivity index (χ0v) is 11.3. The van der Waals surface area contributed by atoms with Crippen LogP contribution >= 0.6 is 0 Å². The third-order valence-corrected chi connectivity index (χ3v) is 2.99. The van der Waals surface area contributed by atoms with Crippen molar-refractivity contribution in [3.63, 3.8) is 0 Å².